The van der Waals surface area contributed by atoms with Gasteiger partial charge >= 0.3 is 0 Å². The summed E-state index contributed by atoms with van der Waals surface area (Å²) >= 11 is 1.82. The Morgan fingerprint density at radius 3 is 2.62 bits per heavy atom. The summed E-state index contributed by atoms with van der Waals surface area (Å²) in [6, 6.07) is 0.506. The van der Waals surface area contributed by atoms with Gasteiger partial charge in [0.15, 0.2) is 0 Å². The molecule has 1 saturated carbocycles. The molecule has 0 bridgehead atoms. The second-order valence-corrected chi connectivity index (χ2v) is 6.58. The zero-order valence-electron chi connectivity index (χ0n) is 10.7. The number of rotatable bonds is 4. The quantitative estimate of drug-likeness (QED) is 0.868. The van der Waals surface area contributed by atoms with Gasteiger partial charge in [0.25, 0.3) is 0 Å². The Morgan fingerprint density at radius 1 is 1.50 bits per heavy atom. The van der Waals surface area contributed by atoms with E-state index in [0.29, 0.717) is 6.04 Å². The minimum absolute atomic E-state index is 0.176. The second-order valence-electron chi connectivity index (χ2n) is 5.69. The van der Waals surface area contributed by atoms with Crippen LogP contribution in [0.4, 0.5) is 0 Å². The van der Waals surface area contributed by atoms with Crippen molar-refractivity contribution in [3.8, 4) is 0 Å². The molecule has 0 aliphatic heterocycles. The Kier molecular flexibility index (Phi) is 3.36. The van der Waals surface area contributed by atoms with Crippen molar-refractivity contribution in [3.05, 3.63) is 16.1 Å². The average Bonchev–Trinajstić information content (AvgIpc) is 2.89. The van der Waals surface area contributed by atoms with E-state index >= 15 is 0 Å². The molecule has 16 heavy (non-hydrogen) atoms. The highest BCUT2D eigenvalue weighted by molar-refractivity contribution is 7.09. The molecule has 1 unspecified atom stereocenters. The molecule has 0 radical (unpaired) electrons. The number of hydrogen-bond acceptors (Lipinski definition) is 3. The van der Waals surface area contributed by atoms with Crippen LogP contribution in [0.2, 0.25) is 0 Å². The highest BCUT2D eigenvalue weighted by Gasteiger charge is 2.34. The standard InChI is InChI=1S/C13H22N2S/c1-5-14-11(9-6-7-9)12-15-10(8-16-12)13(2,3)4/h8-9,11,14H,5-7H2,1-4H3. The van der Waals surface area contributed by atoms with Gasteiger partial charge in [0.2, 0.25) is 0 Å². The fourth-order valence-electron chi connectivity index (χ4n) is 1.88. The van der Waals surface area contributed by atoms with E-state index < -0.39 is 0 Å². The zero-order chi connectivity index (χ0) is 11.8. The van der Waals surface area contributed by atoms with Gasteiger partial charge in [0.1, 0.15) is 5.01 Å². The van der Waals surface area contributed by atoms with Crippen molar-refractivity contribution in [2.75, 3.05) is 6.54 Å². The van der Waals surface area contributed by atoms with Crippen LogP contribution in [-0.4, -0.2) is 11.5 Å². The molecule has 1 N–H and O–H groups in total. The first-order valence-corrected chi connectivity index (χ1v) is 7.09. The molecule has 1 aromatic rings. The maximum Gasteiger partial charge on any atom is 0.110 e. The van der Waals surface area contributed by atoms with E-state index in [1.807, 2.05) is 11.3 Å². The molecule has 0 spiro atoms. The van der Waals surface area contributed by atoms with Crippen molar-refractivity contribution in [1.82, 2.24) is 10.3 Å². The SMILES string of the molecule is CCNC(c1nc(C(C)(C)C)cs1)C1CC1. The number of nitrogens with one attached hydrogen (secondary N) is 1. The third-order valence-electron chi connectivity index (χ3n) is 3.07. The fraction of sp³-hybridized carbons (Fsp3) is 0.769. The molecule has 0 aromatic carbocycles. The average molecular weight is 238 g/mol. The first-order chi connectivity index (χ1) is 7.52. The van der Waals surface area contributed by atoms with E-state index in [1.54, 1.807) is 0 Å². The van der Waals surface area contributed by atoms with Crippen LogP contribution in [-0.2, 0) is 5.41 Å². The van der Waals surface area contributed by atoms with E-state index in [9.17, 15) is 0 Å². The topological polar surface area (TPSA) is 24.9 Å². The van der Waals surface area contributed by atoms with Crippen molar-refractivity contribution in [3.63, 3.8) is 0 Å². The van der Waals surface area contributed by atoms with Gasteiger partial charge in [-0.25, -0.2) is 4.98 Å². The van der Waals surface area contributed by atoms with Gasteiger partial charge in [-0.15, -0.1) is 11.3 Å². The minimum atomic E-state index is 0.176. The summed E-state index contributed by atoms with van der Waals surface area (Å²) in [5.41, 5.74) is 1.41. The number of hydrogen-bond donors (Lipinski definition) is 1. The first kappa shape index (κ1) is 12.1. The van der Waals surface area contributed by atoms with Crippen LogP contribution >= 0.6 is 11.3 Å². The van der Waals surface area contributed by atoms with E-state index in [0.717, 1.165) is 12.5 Å². The Balaban J connectivity index is 2.15. The lowest BCUT2D eigenvalue weighted by Crippen LogP contribution is -2.23. The number of nitrogens with zero attached hydrogens (tertiary/aromatic N) is 1. The van der Waals surface area contributed by atoms with Crippen LogP contribution in [0.25, 0.3) is 0 Å². The minimum Gasteiger partial charge on any atom is -0.308 e. The molecule has 0 saturated heterocycles. The van der Waals surface area contributed by atoms with Crippen LogP contribution in [0.15, 0.2) is 5.38 Å². The summed E-state index contributed by atoms with van der Waals surface area (Å²) in [4.78, 5) is 4.82. The molecule has 1 atom stereocenters. The maximum absolute atomic E-state index is 4.82. The third-order valence-corrected chi connectivity index (χ3v) is 4.00. The number of thiazole rings is 1. The summed E-state index contributed by atoms with van der Waals surface area (Å²) in [6.45, 7) is 9.89. The smallest absolute Gasteiger partial charge is 0.110 e. The van der Waals surface area contributed by atoms with Crippen LogP contribution in [0, 0.1) is 5.92 Å². The van der Waals surface area contributed by atoms with Crippen molar-refractivity contribution >= 4 is 11.3 Å². The Labute approximate surface area is 102 Å². The number of aromatic nitrogens is 1. The molecule has 1 fully saturated rings. The molecule has 1 heterocycles. The van der Waals surface area contributed by atoms with Crippen molar-refractivity contribution in [2.24, 2.45) is 5.92 Å². The van der Waals surface area contributed by atoms with Crippen LogP contribution in [0.5, 0.6) is 0 Å². The zero-order valence-corrected chi connectivity index (χ0v) is 11.5. The summed E-state index contributed by atoms with van der Waals surface area (Å²) in [5, 5.41) is 7.08. The summed E-state index contributed by atoms with van der Waals surface area (Å²) in [7, 11) is 0. The summed E-state index contributed by atoms with van der Waals surface area (Å²) in [5.74, 6) is 0.832. The predicted octanol–water partition coefficient (Wildman–Crippen LogP) is 3.50. The first-order valence-electron chi connectivity index (χ1n) is 6.21. The maximum atomic E-state index is 4.82. The molecule has 2 nitrogen and oxygen atoms in total. The van der Waals surface area contributed by atoms with Gasteiger partial charge in [0, 0.05) is 10.8 Å². The van der Waals surface area contributed by atoms with Crippen LogP contribution in [0.3, 0.4) is 0 Å². The summed E-state index contributed by atoms with van der Waals surface area (Å²) in [6.07, 6.45) is 2.73. The van der Waals surface area contributed by atoms with Gasteiger partial charge in [-0.05, 0) is 25.3 Å². The lowest BCUT2D eigenvalue weighted by Gasteiger charge is -2.16. The van der Waals surface area contributed by atoms with E-state index in [4.69, 9.17) is 4.98 Å². The van der Waals surface area contributed by atoms with Crippen LogP contribution < -0.4 is 5.32 Å². The van der Waals surface area contributed by atoms with Crippen molar-refractivity contribution in [1.29, 1.82) is 0 Å². The monoisotopic (exact) mass is 238 g/mol. The highest BCUT2D eigenvalue weighted by Crippen LogP contribution is 2.42. The molecule has 1 aromatic heterocycles. The molecule has 3 heteroatoms. The van der Waals surface area contributed by atoms with Gasteiger partial charge < -0.3 is 5.32 Å². The second kappa shape index (κ2) is 4.46. The molecule has 1 aliphatic rings. The van der Waals surface area contributed by atoms with Gasteiger partial charge in [-0.1, -0.05) is 27.7 Å². The Hall–Kier alpha value is -0.410. The third kappa shape index (κ3) is 2.64. The predicted molar refractivity (Wildman–Crippen MR) is 70.0 cm³/mol. The van der Waals surface area contributed by atoms with Gasteiger partial charge in [0.05, 0.1) is 11.7 Å². The molecule has 1 aliphatic carbocycles. The Bertz CT molecular complexity index is 347. The lowest BCUT2D eigenvalue weighted by molar-refractivity contribution is 0.487. The van der Waals surface area contributed by atoms with E-state index in [1.165, 1.54) is 23.5 Å². The fourth-order valence-corrected chi connectivity index (χ4v) is 3.09. The van der Waals surface area contributed by atoms with E-state index in [2.05, 4.69) is 38.4 Å². The largest absolute Gasteiger partial charge is 0.308 e. The molecule has 0 amide bonds. The van der Waals surface area contributed by atoms with Gasteiger partial charge in [-0.2, -0.15) is 0 Å². The Morgan fingerprint density at radius 2 is 2.19 bits per heavy atom. The molecular weight excluding hydrogens is 216 g/mol. The molecular formula is C13H22N2S. The van der Waals surface area contributed by atoms with E-state index in [-0.39, 0.29) is 5.41 Å². The lowest BCUT2D eigenvalue weighted by atomic mass is 9.93. The molecule has 90 valence electrons. The normalized spacial score (nSPS) is 18.8. The molecule has 2 rings (SSSR count). The van der Waals surface area contributed by atoms with Crippen LogP contribution in [0.1, 0.15) is 57.3 Å². The summed E-state index contributed by atoms with van der Waals surface area (Å²) < 4.78 is 0. The van der Waals surface area contributed by atoms with Crippen molar-refractivity contribution in [2.45, 2.75) is 52.0 Å². The van der Waals surface area contributed by atoms with Crippen molar-refractivity contribution < 1.29 is 0 Å². The van der Waals surface area contributed by atoms with Gasteiger partial charge in [-0.3, -0.25) is 0 Å². The highest BCUT2D eigenvalue weighted by atomic mass is 32.1.